The van der Waals surface area contributed by atoms with Crippen molar-refractivity contribution >= 4 is 36.7 Å². The number of aromatic hydroxyl groups is 1. The topological polar surface area (TPSA) is 180 Å². The van der Waals surface area contributed by atoms with E-state index >= 15 is 0 Å². The van der Waals surface area contributed by atoms with Crippen LogP contribution >= 0.6 is 0 Å². The zero-order chi connectivity index (χ0) is 16.9. The largest absolute Gasteiger partial charge is 0.866 e. The Kier molecular flexibility index (Phi) is 3.46. The van der Waals surface area contributed by atoms with Crippen LogP contribution < -0.4 is 5.11 Å². The molecule has 0 spiro atoms. The molecule has 0 aliphatic heterocycles. The highest BCUT2D eigenvalue weighted by Crippen LogP contribution is 2.43. The van der Waals surface area contributed by atoms with Crippen molar-refractivity contribution in [1.29, 1.82) is 5.39 Å². The Morgan fingerprint density at radius 2 is 1.64 bits per heavy atom. The highest BCUT2D eigenvalue weighted by Gasteiger charge is 2.28. The Morgan fingerprint density at radius 1 is 1.05 bits per heavy atom. The van der Waals surface area contributed by atoms with Gasteiger partial charge in [0.25, 0.3) is 10.1 Å². The highest BCUT2D eigenvalue weighted by atomic mass is 32.2. The summed E-state index contributed by atoms with van der Waals surface area (Å²) in [6.07, 6.45) is 0. The molecule has 0 unspecified atom stereocenters. The molecule has 0 saturated heterocycles. The fraction of sp³-hybridized carbons (Fsp3) is 0. The molecule has 0 heterocycles. The average molecular weight is 346 g/mol. The standard InChI is InChI=1S/C10H6N2O8S2/c11-12-9-7(22(18,19)20)2-4-1-5(21(15,16)17)3-6(13)8(4)10(9)14/h1-3H,(H3-,13,14,15,16,17,18,19,20). The third kappa shape index (κ3) is 2.53. The molecule has 12 heteroatoms. The minimum absolute atomic E-state index is 0.405. The number of phenolic OH excluding ortho intramolecular Hbond substituents is 1. The Labute approximate surface area is 123 Å². The summed E-state index contributed by atoms with van der Waals surface area (Å²) in [5.41, 5.74) is -1.05. The Bertz CT molecular complexity index is 1050. The number of hydrogen-bond acceptors (Lipinski definition) is 7. The lowest BCUT2D eigenvalue weighted by molar-refractivity contribution is -0.264. The zero-order valence-corrected chi connectivity index (χ0v) is 12.0. The average Bonchev–Trinajstić information content (AvgIpc) is 2.35. The van der Waals surface area contributed by atoms with Crippen LogP contribution in [0.15, 0.2) is 28.0 Å². The van der Waals surface area contributed by atoms with Crippen LogP contribution in [-0.2, 0) is 20.2 Å². The van der Waals surface area contributed by atoms with Gasteiger partial charge < -0.3 is 10.2 Å². The van der Waals surface area contributed by atoms with Crippen LogP contribution in [0.4, 0.5) is 5.69 Å². The Balaban J connectivity index is 3.09. The number of fused-ring (bicyclic) bond motifs is 1. The summed E-state index contributed by atoms with van der Waals surface area (Å²) in [4.78, 5) is 0.585. The quantitative estimate of drug-likeness (QED) is 0.518. The van der Waals surface area contributed by atoms with Crippen molar-refractivity contribution in [2.75, 3.05) is 0 Å². The molecule has 0 fully saturated rings. The van der Waals surface area contributed by atoms with Gasteiger partial charge in [-0.15, -0.1) is 0 Å². The molecule has 2 aromatic rings. The molecule has 0 amide bonds. The van der Waals surface area contributed by atoms with Crippen molar-refractivity contribution in [2.45, 2.75) is 9.79 Å². The number of nitrogens with zero attached hydrogens (tertiary/aromatic N) is 2. The summed E-state index contributed by atoms with van der Waals surface area (Å²) in [6.45, 7) is 0. The van der Waals surface area contributed by atoms with Crippen molar-refractivity contribution in [2.24, 2.45) is 0 Å². The second-order valence-corrected chi connectivity index (χ2v) is 6.95. The van der Waals surface area contributed by atoms with Crippen LogP contribution in [-0.4, -0.2) is 31.0 Å². The predicted octanol–water partition coefficient (Wildman–Crippen LogP) is 0.597. The molecule has 3 N–H and O–H groups in total. The molecule has 0 atom stereocenters. The maximum absolute atomic E-state index is 12.0. The first kappa shape index (κ1) is 15.9. The highest BCUT2D eigenvalue weighted by molar-refractivity contribution is 7.86. The molecular formula is C10H6N2O8S2. The van der Waals surface area contributed by atoms with Crippen LogP contribution in [0.5, 0.6) is 11.5 Å². The van der Waals surface area contributed by atoms with E-state index < -0.39 is 58.0 Å². The van der Waals surface area contributed by atoms with Gasteiger partial charge >= 0.3 is 15.8 Å². The summed E-state index contributed by atoms with van der Waals surface area (Å²) < 4.78 is 62.4. The smallest absolute Gasteiger partial charge is 0.399 e. The molecule has 116 valence electrons. The van der Waals surface area contributed by atoms with E-state index in [1.54, 1.807) is 0 Å². The molecule has 2 rings (SSSR count). The summed E-state index contributed by atoms with van der Waals surface area (Å²) >= 11 is 0. The van der Waals surface area contributed by atoms with E-state index in [1.165, 1.54) is 0 Å². The number of benzene rings is 2. The maximum atomic E-state index is 12.0. The van der Waals surface area contributed by atoms with Gasteiger partial charge in [-0.3, -0.25) is 9.11 Å². The van der Waals surface area contributed by atoms with E-state index in [2.05, 4.69) is 4.98 Å². The molecular weight excluding hydrogens is 340 g/mol. The van der Waals surface area contributed by atoms with Gasteiger partial charge in [0.15, 0.2) is 9.87 Å². The third-order valence-electron chi connectivity index (χ3n) is 2.76. The molecule has 0 bridgehead atoms. The summed E-state index contributed by atoms with van der Waals surface area (Å²) in [7, 11) is -9.71. The van der Waals surface area contributed by atoms with Crippen molar-refractivity contribution < 1.29 is 36.2 Å². The first-order chi connectivity index (χ1) is 9.96. The van der Waals surface area contributed by atoms with Gasteiger partial charge in [0.2, 0.25) is 5.39 Å². The molecule has 0 radical (unpaired) electrons. The van der Waals surface area contributed by atoms with E-state index in [9.17, 15) is 27.0 Å². The SMILES string of the molecule is N#[N+]c1c(S(=O)(=O)O)cc2cc(S(=O)(=O)O)cc(O)c2c1[O-]. The Hall–Kier alpha value is -2.46. The van der Waals surface area contributed by atoms with Gasteiger partial charge in [0, 0.05) is 17.2 Å². The molecule has 10 nitrogen and oxygen atoms in total. The van der Waals surface area contributed by atoms with E-state index in [0.29, 0.717) is 18.2 Å². The summed E-state index contributed by atoms with van der Waals surface area (Å²) in [5, 5.41) is 29.5. The van der Waals surface area contributed by atoms with Crippen molar-refractivity contribution in [3.63, 3.8) is 0 Å². The van der Waals surface area contributed by atoms with E-state index in [1.807, 2.05) is 0 Å². The van der Waals surface area contributed by atoms with E-state index in [0.717, 1.165) is 0 Å². The number of phenols is 1. The second kappa shape index (κ2) is 4.78. The summed E-state index contributed by atoms with van der Waals surface area (Å²) in [6, 6.07) is 1.89. The van der Waals surface area contributed by atoms with Gasteiger partial charge in [-0.1, -0.05) is 0 Å². The first-order valence-electron chi connectivity index (χ1n) is 5.27. The molecule has 0 saturated carbocycles. The molecule has 0 aliphatic rings. The number of hydrogen-bond donors (Lipinski definition) is 3. The Morgan fingerprint density at radius 3 is 2.09 bits per heavy atom. The van der Waals surface area contributed by atoms with Crippen LogP contribution in [0.2, 0.25) is 0 Å². The summed E-state index contributed by atoms with van der Waals surface area (Å²) in [5.74, 6) is -2.14. The number of rotatable bonds is 2. The lowest BCUT2D eigenvalue weighted by Crippen LogP contribution is -2.03. The first-order valence-corrected chi connectivity index (χ1v) is 8.15. The zero-order valence-electron chi connectivity index (χ0n) is 10.3. The minimum Gasteiger partial charge on any atom is -0.866 e. The molecule has 22 heavy (non-hydrogen) atoms. The molecule has 0 aromatic heterocycles. The lowest BCUT2D eigenvalue weighted by Gasteiger charge is -2.12. The second-order valence-electron chi connectivity index (χ2n) is 4.14. The normalized spacial score (nSPS) is 12.2. The van der Waals surface area contributed by atoms with Gasteiger partial charge in [0.05, 0.1) is 4.90 Å². The fourth-order valence-corrected chi connectivity index (χ4v) is 3.05. The lowest BCUT2D eigenvalue weighted by atomic mass is 10.1. The van der Waals surface area contributed by atoms with Crippen molar-refractivity contribution in [1.82, 2.24) is 0 Å². The van der Waals surface area contributed by atoms with Crippen LogP contribution in [0, 0.1) is 5.39 Å². The van der Waals surface area contributed by atoms with Gasteiger partial charge in [-0.05, 0) is 17.5 Å². The third-order valence-corrected chi connectivity index (χ3v) is 4.46. The van der Waals surface area contributed by atoms with E-state index in [-0.39, 0.29) is 0 Å². The van der Waals surface area contributed by atoms with E-state index in [4.69, 9.17) is 14.5 Å². The fourth-order valence-electron chi connectivity index (χ4n) is 1.86. The minimum atomic E-state index is -4.97. The van der Waals surface area contributed by atoms with Crippen LogP contribution in [0.25, 0.3) is 15.7 Å². The monoisotopic (exact) mass is 346 g/mol. The van der Waals surface area contributed by atoms with Gasteiger partial charge in [-0.25, -0.2) is 0 Å². The molecule has 0 aliphatic carbocycles. The van der Waals surface area contributed by atoms with Crippen LogP contribution in [0.3, 0.4) is 0 Å². The van der Waals surface area contributed by atoms with Gasteiger partial charge in [-0.2, -0.15) is 16.8 Å². The predicted molar refractivity (Wildman–Crippen MR) is 69.4 cm³/mol. The number of diazo groups is 1. The maximum Gasteiger partial charge on any atom is 0.399 e. The van der Waals surface area contributed by atoms with Gasteiger partial charge in [0.1, 0.15) is 5.75 Å². The van der Waals surface area contributed by atoms with Crippen LogP contribution in [0.1, 0.15) is 0 Å². The van der Waals surface area contributed by atoms with Crippen molar-refractivity contribution in [3.8, 4) is 11.5 Å². The molecule has 2 aromatic carbocycles. The van der Waals surface area contributed by atoms with Crippen molar-refractivity contribution in [3.05, 3.63) is 23.2 Å².